The first-order chi connectivity index (χ1) is 23.8. The van der Waals surface area contributed by atoms with E-state index in [1.54, 1.807) is 24.2 Å². The second kappa shape index (κ2) is 15.1. The third-order valence-corrected chi connectivity index (χ3v) is 8.67. The van der Waals surface area contributed by atoms with Crippen molar-refractivity contribution in [2.24, 2.45) is 10.2 Å². The van der Waals surface area contributed by atoms with Crippen LogP contribution < -0.4 is 18.9 Å². The molecule has 2 heterocycles. The van der Waals surface area contributed by atoms with Crippen molar-refractivity contribution in [1.82, 2.24) is 10.0 Å². The van der Waals surface area contributed by atoms with Crippen molar-refractivity contribution in [3.8, 4) is 23.0 Å². The minimum absolute atomic E-state index is 0.0999. The van der Waals surface area contributed by atoms with Gasteiger partial charge in [-0.2, -0.15) is 10.2 Å². The van der Waals surface area contributed by atoms with Crippen molar-refractivity contribution in [2.45, 2.75) is 45.2 Å². The summed E-state index contributed by atoms with van der Waals surface area (Å²) in [5.74, 6) is 2.85. The van der Waals surface area contributed by atoms with Gasteiger partial charge in [-0.15, -0.1) is 0 Å². The molecule has 4 aromatic carbocycles. The first-order valence-electron chi connectivity index (χ1n) is 16.3. The van der Waals surface area contributed by atoms with Gasteiger partial charge in [0.2, 0.25) is 11.8 Å². The molecule has 0 aliphatic carbocycles. The average molecular weight is 661 g/mol. The molecule has 0 saturated carbocycles. The Morgan fingerprint density at radius 2 is 0.918 bits per heavy atom. The van der Waals surface area contributed by atoms with Gasteiger partial charge >= 0.3 is 0 Å². The number of carbonyl (C=O) groups is 2. The highest BCUT2D eigenvalue weighted by molar-refractivity contribution is 6.04. The Labute approximate surface area is 286 Å². The minimum atomic E-state index is -0.156. The molecule has 10 nitrogen and oxygen atoms in total. The first-order valence-corrected chi connectivity index (χ1v) is 16.3. The van der Waals surface area contributed by atoms with E-state index in [4.69, 9.17) is 18.9 Å². The Balaban J connectivity index is 0.967. The van der Waals surface area contributed by atoms with Gasteiger partial charge in [0, 0.05) is 33.1 Å². The molecule has 2 unspecified atom stereocenters. The quantitative estimate of drug-likeness (QED) is 0.153. The van der Waals surface area contributed by atoms with Crippen molar-refractivity contribution in [1.29, 1.82) is 0 Å². The summed E-state index contributed by atoms with van der Waals surface area (Å²) in [7, 11) is 3.27. The predicted octanol–water partition coefficient (Wildman–Crippen LogP) is 6.95. The number of ether oxygens (including phenoxy) is 4. The maximum atomic E-state index is 12.4. The summed E-state index contributed by atoms with van der Waals surface area (Å²) in [4.78, 5) is 24.7. The van der Waals surface area contributed by atoms with Crippen LogP contribution >= 0.6 is 0 Å². The third-order valence-electron chi connectivity index (χ3n) is 8.67. The molecule has 0 bridgehead atoms. The second-order valence-corrected chi connectivity index (χ2v) is 11.9. The van der Waals surface area contributed by atoms with E-state index in [1.807, 2.05) is 97.1 Å². The van der Waals surface area contributed by atoms with Gasteiger partial charge in [0.25, 0.3) is 0 Å². The van der Waals surface area contributed by atoms with Gasteiger partial charge in [-0.05, 0) is 95.1 Å². The summed E-state index contributed by atoms with van der Waals surface area (Å²) in [5, 5.41) is 12.4. The lowest BCUT2D eigenvalue weighted by molar-refractivity contribution is -0.131. The lowest BCUT2D eigenvalue weighted by atomic mass is 9.98. The SMILES string of the molecule is COc1ccc(C2CC(c3ccc(OCCCOc4ccc(C5=NN(C(C)=O)C(c6ccc(OC)cc6)C5)cc4)cc3)=NN2C(C)=O)cc1. The number of carbonyl (C=O) groups excluding carboxylic acids is 2. The molecular weight excluding hydrogens is 620 g/mol. The molecule has 252 valence electrons. The summed E-state index contributed by atoms with van der Waals surface area (Å²) < 4.78 is 22.5. The predicted molar refractivity (Wildman–Crippen MR) is 187 cm³/mol. The number of nitrogens with zero attached hydrogens (tertiary/aromatic N) is 4. The normalized spacial score (nSPS) is 17.0. The molecule has 6 rings (SSSR count). The van der Waals surface area contributed by atoms with E-state index in [0.29, 0.717) is 32.5 Å². The summed E-state index contributed by atoms with van der Waals surface area (Å²) >= 11 is 0. The number of methoxy groups -OCH3 is 2. The number of amides is 2. The highest BCUT2D eigenvalue weighted by Gasteiger charge is 2.32. The lowest BCUT2D eigenvalue weighted by Gasteiger charge is -2.20. The fraction of sp³-hybridized carbons (Fsp3) is 0.282. The summed E-state index contributed by atoms with van der Waals surface area (Å²) in [5.41, 5.74) is 5.64. The fourth-order valence-electron chi connectivity index (χ4n) is 6.05. The molecule has 2 amide bonds. The topological polar surface area (TPSA) is 102 Å². The number of hydrogen-bond acceptors (Lipinski definition) is 8. The van der Waals surface area contributed by atoms with Gasteiger partial charge in [0.05, 0.1) is 50.9 Å². The van der Waals surface area contributed by atoms with Crippen LogP contribution in [0.15, 0.2) is 107 Å². The second-order valence-electron chi connectivity index (χ2n) is 11.9. The van der Waals surface area contributed by atoms with Crippen molar-refractivity contribution in [2.75, 3.05) is 27.4 Å². The first kappa shape index (κ1) is 33.3. The van der Waals surface area contributed by atoms with Gasteiger partial charge < -0.3 is 18.9 Å². The van der Waals surface area contributed by atoms with Crippen LogP contribution in [0.5, 0.6) is 23.0 Å². The van der Waals surface area contributed by atoms with Crippen LogP contribution in [-0.4, -0.2) is 60.7 Å². The van der Waals surface area contributed by atoms with Crippen LogP contribution in [0.1, 0.15) is 67.4 Å². The molecule has 49 heavy (non-hydrogen) atoms. The maximum absolute atomic E-state index is 12.4. The molecule has 10 heteroatoms. The van der Waals surface area contributed by atoms with Crippen LogP contribution in [0, 0.1) is 0 Å². The molecule has 0 spiro atoms. The highest BCUT2D eigenvalue weighted by Crippen LogP contribution is 2.35. The summed E-state index contributed by atoms with van der Waals surface area (Å²) in [6.45, 7) is 4.07. The largest absolute Gasteiger partial charge is 0.497 e. The molecule has 0 fully saturated rings. The van der Waals surface area contributed by atoms with Crippen molar-refractivity contribution in [3.63, 3.8) is 0 Å². The highest BCUT2D eigenvalue weighted by atomic mass is 16.5. The molecule has 0 radical (unpaired) electrons. The Bertz CT molecular complexity index is 1680. The zero-order valence-corrected chi connectivity index (χ0v) is 28.2. The molecule has 2 aliphatic rings. The lowest BCUT2D eigenvalue weighted by Crippen LogP contribution is -2.24. The zero-order chi connectivity index (χ0) is 34.3. The van der Waals surface area contributed by atoms with Crippen LogP contribution in [0.25, 0.3) is 0 Å². The summed E-state index contributed by atoms with van der Waals surface area (Å²) in [6.07, 6.45) is 1.95. The number of hydrogen-bond donors (Lipinski definition) is 0. The Hall–Kier alpha value is -5.64. The summed E-state index contributed by atoms with van der Waals surface area (Å²) in [6, 6.07) is 30.8. The fourth-order valence-corrected chi connectivity index (χ4v) is 6.05. The van der Waals surface area contributed by atoms with E-state index in [1.165, 1.54) is 13.8 Å². The van der Waals surface area contributed by atoms with Gasteiger partial charge in [0.1, 0.15) is 23.0 Å². The third kappa shape index (κ3) is 7.75. The number of rotatable bonds is 12. The average Bonchev–Trinajstić information content (AvgIpc) is 3.79. The van der Waals surface area contributed by atoms with Crippen LogP contribution in [-0.2, 0) is 9.59 Å². The van der Waals surface area contributed by atoms with Gasteiger partial charge in [0.15, 0.2) is 0 Å². The van der Waals surface area contributed by atoms with Crippen LogP contribution in [0.2, 0.25) is 0 Å². The van der Waals surface area contributed by atoms with E-state index in [9.17, 15) is 9.59 Å². The molecule has 4 aromatic rings. The standard InChI is InChI=1S/C39H40N4O6/c1-26(44)42-38(30-10-14-32(46-3)15-11-30)24-36(40-42)28-6-18-34(19-7-28)48-22-5-23-49-35-20-8-29(9-21-35)37-25-39(43(41-37)27(2)45)31-12-16-33(47-4)17-13-31/h6-21,38-39H,5,22-25H2,1-4H3. The Kier molecular flexibility index (Phi) is 10.2. The molecule has 0 N–H and O–H groups in total. The smallest absolute Gasteiger partial charge is 0.240 e. The van der Waals surface area contributed by atoms with Gasteiger partial charge in [-0.3, -0.25) is 9.59 Å². The Morgan fingerprint density at radius 3 is 1.24 bits per heavy atom. The Morgan fingerprint density at radius 1 is 0.571 bits per heavy atom. The molecule has 2 atom stereocenters. The molecule has 2 aliphatic heterocycles. The van der Waals surface area contributed by atoms with E-state index in [-0.39, 0.29) is 23.9 Å². The number of hydrazone groups is 2. The van der Waals surface area contributed by atoms with Crippen LogP contribution in [0.4, 0.5) is 0 Å². The minimum Gasteiger partial charge on any atom is -0.497 e. The zero-order valence-electron chi connectivity index (χ0n) is 28.2. The van der Waals surface area contributed by atoms with E-state index < -0.39 is 0 Å². The van der Waals surface area contributed by atoms with Gasteiger partial charge in [-0.1, -0.05) is 24.3 Å². The van der Waals surface area contributed by atoms with E-state index in [2.05, 4.69) is 10.2 Å². The monoisotopic (exact) mass is 660 g/mol. The van der Waals surface area contributed by atoms with Gasteiger partial charge in [-0.25, -0.2) is 10.0 Å². The van der Waals surface area contributed by atoms with Crippen molar-refractivity contribution < 1.29 is 28.5 Å². The van der Waals surface area contributed by atoms with Crippen molar-refractivity contribution in [3.05, 3.63) is 119 Å². The molecule has 0 saturated heterocycles. The maximum Gasteiger partial charge on any atom is 0.240 e. The molecular formula is C39H40N4O6. The van der Waals surface area contributed by atoms with E-state index >= 15 is 0 Å². The van der Waals surface area contributed by atoms with Crippen LogP contribution in [0.3, 0.4) is 0 Å². The van der Waals surface area contributed by atoms with Crippen molar-refractivity contribution >= 4 is 23.2 Å². The molecule has 0 aromatic heterocycles. The van der Waals surface area contributed by atoms with E-state index in [0.717, 1.165) is 56.7 Å². The number of benzene rings is 4.